The van der Waals surface area contributed by atoms with E-state index in [9.17, 15) is 4.39 Å². The van der Waals surface area contributed by atoms with Gasteiger partial charge in [0.15, 0.2) is 0 Å². The fourth-order valence-electron chi connectivity index (χ4n) is 1.43. The molecule has 0 N–H and O–H groups in total. The first-order chi connectivity index (χ1) is 8.75. The van der Waals surface area contributed by atoms with E-state index in [0.717, 1.165) is 5.56 Å². The van der Waals surface area contributed by atoms with Crippen molar-refractivity contribution in [1.82, 2.24) is 0 Å². The quantitative estimate of drug-likeness (QED) is 0.593. The second-order valence-corrected chi connectivity index (χ2v) is 3.93. The third-order valence-electron chi connectivity index (χ3n) is 2.47. The molecule has 0 saturated carbocycles. The Morgan fingerprint density at radius 2 is 1.83 bits per heavy atom. The van der Waals surface area contributed by atoms with Gasteiger partial charge in [0.2, 0.25) is 0 Å². The van der Waals surface area contributed by atoms with Crippen molar-refractivity contribution in [2.45, 2.75) is 13.5 Å². The molecule has 0 unspecified atom stereocenters. The average molecular weight is 242 g/mol. The van der Waals surface area contributed by atoms with Gasteiger partial charge in [0, 0.05) is 11.1 Å². The molecule has 91 valence electrons. The summed E-state index contributed by atoms with van der Waals surface area (Å²) in [6.45, 7) is 2.11. The van der Waals surface area contributed by atoms with Gasteiger partial charge in [0.05, 0.1) is 0 Å². The van der Waals surface area contributed by atoms with Crippen molar-refractivity contribution >= 4 is 6.21 Å². The Morgan fingerprint density at radius 1 is 1.11 bits per heavy atom. The molecule has 0 aliphatic carbocycles. The number of rotatable bonds is 4. The van der Waals surface area contributed by atoms with Gasteiger partial charge in [-0.25, -0.2) is 4.39 Å². The SMILES string of the molecule is Cc1ccc(/[C]=N\OCc2ccccc2F)cc1. The second kappa shape index (κ2) is 5.96. The van der Waals surface area contributed by atoms with Crippen LogP contribution in [-0.2, 0) is 11.4 Å². The molecule has 0 aliphatic heterocycles. The molecule has 3 heteroatoms. The number of hydrogen-bond acceptors (Lipinski definition) is 2. The van der Waals surface area contributed by atoms with Crippen molar-refractivity contribution in [1.29, 1.82) is 0 Å². The lowest BCUT2D eigenvalue weighted by Crippen LogP contribution is -1.92. The summed E-state index contributed by atoms with van der Waals surface area (Å²) >= 11 is 0. The molecule has 2 aromatic carbocycles. The van der Waals surface area contributed by atoms with E-state index in [1.807, 2.05) is 31.2 Å². The maximum Gasteiger partial charge on any atom is 0.145 e. The maximum absolute atomic E-state index is 13.2. The Balaban J connectivity index is 1.89. The maximum atomic E-state index is 13.2. The molecule has 2 aromatic rings. The number of hydrogen-bond donors (Lipinski definition) is 0. The minimum absolute atomic E-state index is 0.103. The van der Waals surface area contributed by atoms with Crippen LogP contribution in [0.3, 0.4) is 0 Å². The van der Waals surface area contributed by atoms with Gasteiger partial charge in [0.1, 0.15) is 18.6 Å². The summed E-state index contributed by atoms with van der Waals surface area (Å²) in [5.41, 5.74) is 2.48. The summed E-state index contributed by atoms with van der Waals surface area (Å²) in [6.07, 6.45) is 2.74. The largest absolute Gasteiger partial charge is 0.390 e. The monoisotopic (exact) mass is 242 g/mol. The number of benzene rings is 2. The van der Waals surface area contributed by atoms with Crippen LogP contribution in [0.15, 0.2) is 53.7 Å². The molecule has 18 heavy (non-hydrogen) atoms. The molecular formula is C15H13FNO. The van der Waals surface area contributed by atoms with Crippen LogP contribution in [0.5, 0.6) is 0 Å². The van der Waals surface area contributed by atoms with Gasteiger partial charge >= 0.3 is 0 Å². The van der Waals surface area contributed by atoms with Crippen molar-refractivity contribution < 1.29 is 9.23 Å². The summed E-state index contributed by atoms with van der Waals surface area (Å²) in [6, 6.07) is 14.2. The Morgan fingerprint density at radius 3 is 2.56 bits per heavy atom. The summed E-state index contributed by atoms with van der Waals surface area (Å²) < 4.78 is 13.2. The summed E-state index contributed by atoms with van der Waals surface area (Å²) in [4.78, 5) is 5.01. The zero-order valence-electron chi connectivity index (χ0n) is 10.1. The number of halogens is 1. The molecular weight excluding hydrogens is 229 g/mol. The number of aryl methyl sites for hydroxylation is 1. The second-order valence-electron chi connectivity index (χ2n) is 3.93. The Kier molecular flexibility index (Phi) is 4.07. The lowest BCUT2D eigenvalue weighted by Gasteiger charge is -2.00. The van der Waals surface area contributed by atoms with E-state index >= 15 is 0 Å². The highest BCUT2D eigenvalue weighted by molar-refractivity contribution is 5.79. The molecule has 2 rings (SSSR count). The highest BCUT2D eigenvalue weighted by Crippen LogP contribution is 2.07. The van der Waals surface area contributed by atoms with Gasteiger partial charge in [-0.3, -0.25) is 0 Å². The van der Waals surface area contributed by atoms with Crippen molar-refractivity contribution in [3.05, 3.63) is 71.0 Å². The molecule has 0 saturated heterocycles. The lowest BCUT2D eigenvalue weighted by atomic mass is 10.2. The molecule has 0 aromatic heterocycles. The minimum Gasteiger partial charge on any atom is -0.390 e. The van der Waals surface area contributed by atoms with Crippen LogP contribution in [0, 0.1) is 12.7 Å². The molecule has 1 radical (unpaired) electrons. The summed E-state index contributed by atoms with van der Waals surface area (Å²) in [5.74, 6) is -0.289. The van der Waals surface area contributed by atoms with Crippen molar-refractivity contribution in [3.63, 3.8) is 0 Å². The van der Waals surface area contributed by atoms with Crippen LogP contribution >= 0.6 is 0 Å². The minimum atomic E-state index is -0.289. The molecule has 0 aliphatic rings. The normalized spacial score (nSPS) is 10.8. The van der Waals surface area contributed by atoms with E-state index in [4.69, 9.17) is 4.84 Å². The third-order valence-corrected chi connectivity index (χ3v) is 2.47. The zero-order chi connectivity index (χ0) is 12.8. The topological polar surface area (TPSA) is 21.6 Å². The molecule has 0 amide bonds. The predicted molar refractivity (Wildman–Crippen MR) is 68.9 cm³/mol. The van der Waals surface area contributed by atoms with E-state index in [1.165, 1.54) is 11.6 Å². The third kappa shape index (κ3) is 3.42. The van der Waals surface area contributed by atoms with E-state index in [-0.39, 0.29) is 12.4 Å². The fraction of sp³-hybridized carbons (Fsp3) is 0.133. The summed E-state index contributed by atoms with van der Waals surface area (Å²) in [7, 11) is 0. The Labute approximate surface area is 106 Å². The van der Waals surface area contributed by atoms with Crippen LogP contribution in [0.1, 0.15) is 16.7 Å². The van der Waals surface area contributed by atoms with Gasteiger partial charge < -0.3 is 4.84 Å². The van der Waals surface area contributed by atoms with Crippen molar-refractivity contribution in [2.75, 3.05) is 0 Å². The molecule has 0 heterocycles. The lowest BCUT2D eigenvalue weighted by molar-refractivity contribution is 0.129. The first-order valence-corrected chi connectivity index (χ1v) is 5.64. The van der Waals surface area contributed by atoms with Crippen molar-refractivity contribution in [3.8, 4) is 0 Å². The fourth-order valence-corrected chi connectivity index (χ4v) is 1.43. The Bertz CT molecular complexity index is 534. The first kappa shape index (κ1) is 12.3. The first-order valence-electron chi connectivity index (χ1n) is 5.64. The van der Waals surface area contributed by atoms with Crippen LogP contribution in [0.25, 0.3) is 0 Å². The molecule has 0 spiro atoms. The standard InChI is InChI=1S/C15H13FNO/c1-12-6-8-13(9-7-12)10-17-18-11-14-4-2-3-5-15(14)16/h2-9H,11H2,1H3. The average Bonchev–Trinajstić information content (AvgIpc) is 2.39. The van der Waals surface area contributed by atoms with Gasteiger partial charge in [-0.2, -0.15) is 0 Å². The van der Waals surface area contributed by atoms with Gasteiger partial charge in [0.25, 0.3) is 0 Å². The predicted octanol–water partition coefficient (Wildman–Crippen LogP) is 3.56. The highest BCUT2D eigenvalue weighted by atomic mass is 19.1. The van der Waals surface area contributed by atoms with E-state index in [0.29, 0.717) is 5.56 Å². The van der Waals surface area contributed by atoms with E-state index in [2.05, 4.69) is 11.4 Å². The van der Waals surface area contributed by atoms with Gasteiger partial charge in [-0.1, -0.05) is 53.2 Å². The molecule has 2 nitrogen and oxygen atoms in total. The smallest absolute Gasteiger partial charge is 0.145 e. The van der Waals surface area contributed by atoms with E-state index < -0.39 is 0 Å². The number of nitrogens with zero attached hydrogens (tertiary/aromatic N) is 1. The molecule has 0 atom stereocenters. The molecule has 0 fully saturated rings. The van der Waals surface area contributed by atoms with Crippen LogP contribution < -0.4 is 0 Å². The molecule has 0 bridgehead atoms. The van der Waals surface area contributed by atoms with Crippen LogP contribution in [0.2, 0.25) is 0 Å². The van der Waals surface area contributed by atoms with Gasteiger partial charge in [-0.15, -0.1) is 0 Å². The van der Waals surface area contributed by atoms with E-state index in [1.54, 1.807) is 18.2 Å². The van der Waals surface area contributed by atoms with Crippen LogP contribution in [0.4, 0.5) is 4.39 Å². The van der Waals surface area contributed by atoms with Crippen LogP contribution in [-0.4, -0.2) is 6.21 Å². The zero-order valence-corrected chi connectivity index (χ0v) is 10.1. The highest BCUT2D eigenvalue weighted by Gasteiger charge is 1.99. The Hall–Kier alpha value is -2.16. The van der Waals surface area contributed by atoms with Gasteiger partial charge in [-0.05, 0) is 13.0 Å². The van der Waals surface area contributed by atoms with Crippen molar-refractivity contribution in [2.24, 2.45) is 5.16 Å². The summed E-state index contributed by atoms with van der Waals surface area (Å²) in [5, 5.41) is 3.69.